The van der Waals surface area contributed by atoms with Crippen LogP contribution in [0.3, 0.4) is 0 Å². The van der Waals surface area contributed by atoms with E-state index in [0.29, 0.717) is 5.57 Å². The van der Waals surface area contributed by atoms with Crippen LogP contribution in [0.1, 0.15) is 0 Å². The largest absolute Gasteiger partial charge is 0.478 e. The van der Waals surface area contributed by atoms with E-state index in [2.05, 4.69) is 0 Å². The van der Waals surface area contributed by atoms with Gasteiger partial charge in [-0.25, -0.2) is 4.79 Å². The van der Waals surface area contributed by atoms with E-state index < -0.39 is 5.97 Å². The van der Waals surface area contributed by atoms with Crippen LogP contribution in [0.15, 0.2) is 46.9 Å². The van der Waals surface area contributed by atoms with Crippen molar-refractivity contribution in [1.29, 1.82) is 0 Å². The van der Waals surface area contributed by atoms with Gasteiger partial charge in [0.05, 0.1) is 10.8 Å². The monoisotopic (exact) mass is 192 g/mol. The second-order valence-corrected chi connectivity index (χ2v) is 3.83. The molecule has 0 radical (unpaired) electrons. The quantitative estimate of drug-likeness (QED) is 0.691. The highest BCUT2D eigenvalue weighted by molar-refractivity contribution is 8.03. The standard InChI is InChI=1S/C10H8O2S/c11-10(12)8-5-6-13-9-4-2-1-3-7(8)9/h1-6,9H,(H,11,12). The van der Waals surface area contributed by atoms with E-state index in [-0.39, 0.29) is 5.25 Å². The highest BCUT2D eigenvalue weighted by atomic mass is 32.2. The Balaban J connectivity index is 2.47. The van der Waals surface area contributed by atoms with Crippen LogP contribution in [0.2, 0.25) is 0 Å². The van der Waals surface area contributed by atoms with E-state index in [0.717, 1.165) is 5.57 Å². The third kappa shape index (κ3) is 1.47. The lowest BCUT2D eigenvalue weighted by atomic mass is 10.0. The Morgan fingerprint density at radius 2 is 2.23 bits per heavy atom. The molecule has 13 heavy (non-hydrogen) atoms. The minimum atomic E-state index is -0.850. The number of rotatable bonds is 1. The summed E-state index contributed by atoms with van der Waals surface area (Å²) < 4.78 is 0. The number of hydrogen-bond acceptors (Lipinski definition) is 2. The lowest BCUT2D eigenvalue weighted by Gasteiger charge is -2.19. The van der Waals surface area contributed by atoms with Gasteiger partial charge in [0.25, 0.3) is 0 Å². The molecule has 2 rings (SSSR count). The normalized spacial score (nSPS) is 24.8. The molecule has 0 fully saturated rings. The molecule has 2 aliphatic rings. The SMILES string of the molecule is O=C(O)C1=C2C=CC=CC2SC=C1. The predicted molar refractivity (Wildman–Crippen MR) is 53.5 cm³/mol. The summed E-state index contributed by atoms with van der Waals surface area (Å²) in [7, 11) is 0. The van der Waals surface area contributed by atoms with Crippen molar-refractivity contribution >= 4 is 17.7 Å². The van der Waals surface area contributed by atoms with Crippen LogP contribution in [0.25, 0.3) is 0 Å². The number of carbonyl (C=O) groups is 1. The van der Waals surface area contributed by atoms with Gasteiger partial charge in [0.1, 0.15) is 0 Å². The number of carboxylic acid groups (broad SMARTS) is 1. The molecule has 0 spiro atoms. The number of allylic oxidation sites excluding steroid dienone is 3. The number of fused-ring (bicyclic) bond motifs is 1. The van der Waals surface area contributed by atoms with Crippen molar-refractivity contribution in [2.45, 2.75) is 5.25 Å². The van der Waals surface area contributed by atoms with E-state index in [9.17, 15) is 4.79 Å². The van der Waals surface area contributed by atoms with Crippen LogP contribution in [0.4, 0.5) is 0 Å². The second kappa shape index (κ2) is 3.26. The van der Waals surface area contributed by atoms with Gasteiger partial charge in [-0.05, 0) is 17.1 Å². The Hall–Kier alpha value is -1.22. The van der Waals surface area contributed by atoms with E-state index in [1.807, 2.05) is 29.7 Å². The fourth-order valence-electron chi connectivity index (χ4n) is 1.37. The van der Waals surface area contributed by atoms with Crippen LogP contribution in [-0.4, -0.2) is 16.3 Å². The zero-order valence-corrected chi connectivity index (χ0v) is 7.62. The molecular formula is C10H8O2S. The molecular weight excluding hydrogens is 184 g/mol. The Kier molecular flexibility index (Phi) is 2.10. The molecule has 0 aromatic rings. The molecule has 1 aliphatic carbocycles. The Labute approximate surface area is 80.3 Å². The van der Waals surface area contributed by atoms with Gasteiger partial charge in [-0.2, -0.15) is 0 Å². The number of thioether (sulfide) groups is 1. The van der Waals surface area contributed by atoms with E-state index in [1.165, 1.54) is 0 Å². The van der Waals surface area contributed by atoms with Crippen molar-refractivity contribution < 1.29 is 9.90 Å². The maximum Gasteiger partial charge on any atom is 0.336 e. The van der Waals surface area contributed by atoms with Crippen molar-refractivity contribution in [1.82, 2.24) is 0 Å². The van der Waals surface area contributed by atoms with Crippen LogP contribution >= 0.6 is 11.8 Å². The van der Waals surface area contributed by atoms with Crippen LogP contribution in [-0.2, 0) is 4.79 Å². The van der Waals surface area contributed by atoms with Crippen LogP contribution in [0, 0.1) is 0 Å². The van der Waals surface area contributed by atoms with Gasteiger partial charge in [-0.15, -0.1) is 11.8 Å². The zero-order chi connectivity index (χ0) is 9.26. The molecule has 1 N–H and O–H groups in total. The first kappa shape index (κ1) is 8.38. The Morgan fingerprint density at radius 3 is 3.00 bits per heavy atom. The van der Waals surface area contributed by atoms with Crippen molar-refractivity contribution in [3.05, 3.63) is 46.9 Å². The Bertz CT molecular complexity index is 361. The van der Waals surface area contributed by atoms with Crippen molar-refractivity contribution in [2.24, 2.45) is 0 Å². The number of carboxylic acids is 1. The minimum Gasteiger partial charge on any atom is -0.478 e. The predicted octanol–water partition coefficient (Wildman–Crippen LogP) is 2.12. The van der Waals surface area contributed by atoms with Gasteiger partial charge in [0.2, 0.25) is 0 Å². The number of hydrogen-bond donors (Lipinski definition) is 1. The van der Waals surface area contributed by atoms with Gasteiger partial charge in [0.15, 0.2) is 0 Å². The average molecular weight is 192 g/mol. The molecule has 1 aliphatic heterocycles. The fourth-order valence-corrected chi connectivity index (χ4v) is 2.28. The topological polar surface area (TPSA) is 37.3 Å². The van der Waals surface area contributed by atoms with Gasteiger partial charge in [-0.3, -0.25) is 0 Å². The highest BCUT2D eigenvalue weighted by Gasteiger charge is 2.21. The lowest BCUT2D eigenvalue weighted by Crippen LogP contribution is -2.13. The van der Waals surface area contributed by atoms with E-state index >= 15 is 0 Å². The maximum atomic E-state index is 10.8. The molecule has 1 atom stereocenters. The summed E-state index contributed by atoms with van der Waals surface area (Å²) in [5.74, 6) is -0.850. The first-order chi connectivity index (χ1) is 6.29. The molecule has 1 unspecified atom stereocenters. The minimum absolute atomic E-state index is 0.182. The van der Waals surface area contributed by atoms with E-state index in [4.69, 9.17) is 5.11 Å². The third-order valence-electron chi connectivity index (χ3n) is 1.98. The molecule has 3 heteroatoms. The molecule has 0 aromatic heterocycles. The maximum absolute atomic E-state index is 10.8. The van der Waals surface area contributed by atoms with Crippen LogP contribution in [0.5, 0.6) is 0 Å². The fraction of sp³-hybridized carbons (Fsp3) is 0.100. The molecule has 0 saturated carbocycles. The molecule has 0 aromatic carbocycles. The second-order valence-electron chi connectivity index (χ2n) is 2.78. The molecule has 66 valence electrons. The number of aliphatic carboxylic acids is 1. The summed E-state index contributed by atoms with van der Waals surface area (Å²) in [6, 6.07) is 0. The first-order valence-corrected chi connectivity index (χ1v) is 4.87. The third-order valence-corrected chi connectivity index (χ3v) is 2.98. The van der Waals surface area contributed by atoms with E-state index in [1.54, 1.807) is 17.8 Å². The van der Waals surface area contributed by atoms with Gasteiger partial charge >= 0.3 is 5.97 Å². The summed E-state index contributed by atoms with van der Waals surface area (Å²) in [4.78, 5) is 10.8. The average Bonchev–Trinajstić information content (AvgIpc) is 2.17. The molecule has 1 heterocycles. The van der Waals surface area contributed by atoms with Crippen molar-refractivity contribution in [3.63, 3.8) is 0 Å². The molecule has 2 nitrogen and oxygen atoms in total. The van der Waals surface area contributed by atoms with Gasteiger partial charge < -0.3 is 5.11 Å². The molecule has 0 amide bonds. The van der Waals surface area contributed by atoms with Crippen molar-refractivity contribution in [3.8, 4) is 0 Å². The van der Waals surface area contributed by atoms with Gasteiger partial charge in [-0.1, -0.05) is 24.3 Å². The summed E-state index contributed by atoms with van der Waals surface area (Å²) >= 11 is 1.63. The molecule has 0 bridgehead atoms. The first-order valence-electron chi connectivity index (χ1n) is 3.93. The summed E-state index contributed by atoms with van der Waals surface area (Å²) in [6.45, 7) is 0. The molecule has 0 saturated heterocycles. The smallest absolute Gasteiger partial charge is 0.336 e. The summed E-state index contributed by atoms with van der Waals surface area (Å²) in [5.41, 5.74) is 1.30. The zero-order valence-electron chi connectivity index (χ0n) is 6.81. The summed E-state index contributed by atoms with van der Waals surface area (Å²) in [5, 5.41) is 10.9. The summed E-state index contributed by atoms with van der Waals surface area (Å²) in [6.07, 6.45) is 9.34. The lowest BCUT2D eigenvalue weighted by molar-refractivity contribution is -0.132. The van der Waals surface area contributed by atoms with Gasteiger partial charge in [0, 0.05) is 0 Å². The van der Waals surface area contributed by atoms with Crippen molar-refractivity contribution in [2.75, 3.05) is 0 Å². The Morgan fingerprint density at radius 1 is 1.38 bits per heavy atom. The highest BCUT2D eigenvalue weighted by Crippen LogP contribution is 2.32. The van der Waals surface area contributed by atoms with Crippen LogP contribution < -0.4 is 0 Å².